The molecule has 1 N–H and O–H groups in total. The molecule has 0 atom stereocenters. The van der Waals surface area contributed by atoms with Crippen LogP contribution in [0.1, 0.15) is 22.7 Å². The highest BCUT2D eigenvalue weighted by Gasteiger charge is 2.09. The van der Waals surface area contributed by atoms with Gasteiger partial charge in [0, 0.05) is 5.92 Å². The minimum absolute atomic E-state index is 0.251. The van der Waals surface area contributed by atoms with Gasteiger partial charge in [0.05, 0.1) is 18.2 Å². The molecule has 0 amide bonds. The summed E-state index contributed by atoms with van der Waals surface area (Å²) < 4.78 is 0. The molecule has 0 saturated carbocycles. The van der Waals surface area contributed by atoms with Gasteiger partial charge in [-0.15, -0.1) is 0 Å². The van der Waals surface area contributed by atoms with Gasteiger partial charge in [0.2, 0.25) is 0 Å². The summed E-state index contributed by atoms with van der Waals surface area (Å²) in [6, 6.07) is 21.1. The molecule has 0 aliphatic rings. The third kappa shape index (κ3) is 2.86. The highest BCUT2D eigenvalue weighted by atomic mass is 14.8. The first-order chi connectivity index (χ1) is 9.93. The van der Waals surface area contributed by atoms with Gasteiger partial charge >= 0.3 is 0 Å². The number of benzene rings is 2. The largest absolute Gasteiger partial charge is 0.345 e. The highest BCUT2D eigenvalue weighted by Crippen LogP contribution is 2.26. The molecule has 3 rings (SSSR count). The fraction of sp³-hybridized carbons (Fsp3) is 0.0556. The molecule has 0 aliphatic carbocycles. The summed E-state index contributed by atoms with van der Waals surface area (Å²) in [6.45, 7) is 0. The number of hydrogen-bond donors (Lipinski definition) is 1. The first kappa shape index (κ1) is 12.4. The molecular weight excluding hydrogens is 244 g/mol. The SMILES string of the molecule is C(=CC(c1ccccc1)c1ccccc1)c1cnc[nH]1. The van der Waals surface area contributed by atoms with Crippen molar-refractivity contribution in [1.29, 1.82) is 0 Å². The Bertz CT molecular complexity index is 616. The van der Waals surface area contributed by atoms with Crippen LogP contribution in [0.4, 0.5) is 0 Å². The van der Waals surface area contributed by atoms with E-state index in [1.54, 1.807) is 6.33 Å². The zero-order valence-corrected chi connectivity index (χ0v) is 11.1. The number of nitrogens with one attached hydrogen (secondary N) is 1. The molecule has 1 heterocycles. The lowest BCUT2D eigenvalue weighted by Gasteiger charge is -2.13. The van der Waals surface area contributed by atoms with Gasteiger partial charge in [-0.2, -0.15) is 0 Å². The molecule has 20 heavy (non-hydrogen) atoms. The second-order valence-corrected chi connectivity index (χ2v) is 4.67. The van der Waals surface area contributed by atoms with Crippen LogP contribution in [0, 0.1) is 0 Å². The van der Waals surface area contributed by atoms with Gasteiger partial charge in [-0.1, -0.05) is 66.7 Å². The van der Waals surface area contributed by atoms with Gasteiger partial charge in [-0.05, 0) is 17.2 Å². The Balaban J connectivity index is 1.96. The molecule has 2 heteroatoms. The Morgan fingerprint density at radius 2 is 1.45 bits per heavy atom. The fourth-order valence-electron chi connectivity index (χ4n) is 2.29. The van der Waals surface area contributed by atoms with Crippen molar-refractivity contribution in [1.82, 2.24) is 9.97 Å². The number of nitrogens with zero attached hydrogens (tertiary/aromatic N) is 1. The molecule has 0 radical (unpaired) electrons. The Morgan fingerprint density at radius 1 is 0.850 bits per heavy atom. The normalized spacial score (nSPS) is 11.2. The third-order valence-corrected chi connectivity index (χ3v) is 3.30. The van der Waals surface area contributed by atoms with Gasteiger partial charge in [0.1, 0.15) is 0 Å². The van der Waals surface area contributed by atoms with Crippen LogP contribution in [0.25, 0.3) is 6.08 Å². The number of allylic oxidation sites excluding steroid dienone is 1. The quantitative estimate of drug-likeness (QED) is 0.746. The van der Waals surface area contributed by atoms with Gasteiger partial charge in [0.25, 0.3) is 0 Å². The molecule has 2 aromatic carbocycles. The smallest absolute Gasteiger partial charge is 0.0924 e. The second-order valence-electron chi connectivity index (χ2n) is 4.67. The Kier molecular flexibility index (Phi) is 3.74. The van der Waals surface area contributed by atoms with E-state index in [1.807, 2.05) is 18.3 Å². The number of hydrogen-bond acceptors (Lipinski definition) is 1. The van der Waals surface area contributed by atoms with Crippen LogP contribution in [-0.4, -0.2) is 9.97 Å². The maximum atomic E-state index is 4.04. The van der Waals surface area contributed by atoms with Crippen molar-refractivity contribution >= 4 is 6.08 Å². The maximum absolute atomic E-state index is 4.04. The monoisotopic (exact) mass is 260 g/mol. The zero-order valence-electron chi connectivity index (χ0n) is 11.1. The Hall–Kier alpha value is -2.61. The minimum Gasteiger partial charge on any atom is -0.345 e. The summed E-state index contributed by atoms with van der Waals surface area (Å²) in [4.78, 5) is 7.14. The molecule has 3 aromatic rings. The number of H-pyrrole nitrogens is 1. The van der Waals surface area contributed by atoms with Gasteiger partial charge in [0.15, 0.2) is 0 Å². The van der Waals surface area contributed by atoms with Crippen molar-refractivity contribution in [3.05, 3.63) is 96.1 Å². The predicted molar refractivity (Wildman–Crippen MR) is 82.3 cm³/mol. The van der Waals surface area contributed by atoms with E-state index in [0.717, 1.165) is 5.69 Å². The van der Waals surface area contributed by atoms with Crippen molar-refractivity contribution in [2.45, 2.75) is 5.92 Å². The van der Waals surface area contributed by atoms with Gasteiger partial charge in [-0.25, -0.2) is 4.98 Å². The number of imidazole rings is 1. The topological polar surface area (TPSA) is 28.7 Å². The molecule has 1 aromatic heterocycles. The average Bonchev–Trinajstić information content (AvgIpc) is 3.03. The van der Waals surface area contributed by atoms with E-state index in [1.165, 1.54) is 11.1 Å². The molecule has 0 aliphatic heterocycles. The van der Waals surface area contributed by atoms with E-state index >= 15 is 0 Å². The van der Waals surface area contributed by atoms with E-state index in [0.29, 0.717) is 0 Å². The van der Waals surface area contributed by atoms with E-state index in [9.17, 15) is 0 Å². The lowest BCUT2D eigenvalue weighted by Crippen LogP contribution is -1.97. The van der Waals surface area contributed by atoms with Crippen molar-refractivity contribution in [2.24, 2.45) is 0 Å². The second kappa shape index (κ2) is 6.02. The first-order valence-electron chi connectivity index (χ1n) is 6.70. The summed E-state index contributed by atoms with van der Waals surface area (Å²) in [5.74, 6) is 0.251. The summed E-state index contributed by atoms with van der Waals surface area (Å²) in [5, 5.41) is 0. The molecular formula is C18H16N2. The predicted octanol–water partition coefficient (Wildman–Crippen LogP) is 4.26. The molecule has 0 fully saturated rings. The van der Waals surface area contributed by atoms with E-state index in [-0.39, 0.29) is 5.92 Å². The fourth-order valence-corrected chi connectivity index (χ4v) is 2.29. The van der Waals surface area contributed by atoms with Gasteiger partial charge in [-0.3, -0.25) is 0 Å². The van der Waals surface area contributed by atoms with E-state index < -0.39 is 0 Å². The number of aromatic nitrogens is 2. The van der Waals surface area contributed by atoms with Crippen LogP contribution in [0.3, 0.4) is 0 Å². The van der Waals surface area contributed by atoms with Gasteiger partial charge < -0.3 is 4.98 Å². The number of rotatable bonds is 4. The maximum Gasteiger partial charge on any atom is 0.0924 e. The van der Waals surface area contributed by atoms with Crippen molar-refractivity contribution in [3.63, 3.8) is 0 Å². The van der Waals surface area contributed by atoms with Crippen molar-refractivity contribution in [2.75, 3.05) is 0 Å². The molecule has 0 bridgehead atoms. The van der Waals surface area contributed by atoms with Crippen LogP contribution in [-0.2, 0) is 0 Å². The summed E-state index contributed by atoms with van der Waals surface area (Å²) in [5.41, 5.74) is 3.59. The van der Waals surface area contributed by atoms with Crippen LogP contribution in [0.2, 0.25) is 0 Å². The van der Waals surface area contributed by atoms with Crippen LogP contribution >= 0.6 is 0 Å². The standard InChI is InChI=1S/C18H16N2/c1-3-7-15(8-4-1)18(16-9-5-2-6-10-16)12-11-17-13-19-14-20-17/h1-14,18H,(H,19,20). The van der Waals surface area contributed by atoms with Crippen LogP contribution < -0.4 is 0 Å². The minimum atomic E-state index is 0.251. The molecule has 0 unspecified atom stereocenters. The van der Waals surface area contributed by atoms with Crippen LogP contribution in [0.15, 0.2) is 79.3 Å². The highest BCUT2D eigenvalue weighted by molar-refractivity contribution is 5.49. The van der Waals surface area contributed by atoms with Crippen molar-refractivity contribution in [3.8, 4) is 0 Å². The molecule has 0 spiro atoms. The third-order valence-electron chi connectivity index (χ3n) is 3.30. The van der Waals surface area contributed by atoms with Crippen LogP contribution in [0.5, 0.6) is 0 Å². The molecule has 98 valence electrons. The van der Waals surface area contributed by atoms with E-state index in [4.69, 9.17) is 0 Å². The molecule has 0 saturated heterocycles. The molecule has 2 nitrogen and oxygen atoms in total. The summed E-state index contributed by atoms with van der Waals surface area (Å²) >= 11 is 0. The zero-order chi connectivity index (χ0) is 13.6. The summed E-state index contributed by atoms with van der Waals surface area (Å²) in [7, 11) is 0. The first-order valence-corrected chi connectivity index (χ1v) is 6.70. The van der Waals surface area contributed by atoms with Crippen molar-refractivity contribution < 1.29 is 0 Å². The van der Waals surface area contributed by atoms with E-state index in [2.05, 4.69) is 70.7 Å². The Labute approximate surface area is 118 Å². The average molecular weight is 260 g/mol. The lowest BCUT2D eigenvalue weighted by molar-refractivity contribution is 1.03. The Morgan fingerprint density at radius 3 is 1.95 bits per heavy atom. The summed E-state index contributed by atoms with van der Waals surface area (Å²) in [6.07, 6.45) is 7.80. The number of aromatic amines is 1. The lowest BCUT2D eigenvalue weighted by atomic mass is 9.91.